The van der Waals surface area contributed by atoms with Crippen LogP contribution in [0.3, 0.4) is 0 Å². The Hall–Kier alpha value is -1.57. The average molecular weight is 286 g/mol. The van der Waals surface area contributed by atoms with Gasteiger partial charge >= 0.3 is 0 Å². The molecule has 0 spiro atoms. The fourth-order valence-electron chi connectivity index (χ4n) is 2.88. The number of anilines is 1. The second-order valence-corrected chi connectivity index (χ2v) is 5.81. The van der Waals surface area contributed by atoms with E-state index < -0.39 is 0 Å². The van der Waals surface area contributed by atoms with E-state index in [1.165, 1.54) is 16.8 Å². The van der Waals surface area contributed by atoms with Crippen LogP contribution in [0.15, 0.2) is 18.2 Å². The number of hydrogen-bond donors (Lipinski definition) is 1. The maximum atomic E-state index is 8.96. The predicted molar refractivity (Wildman–Crippen MR) is 87.6 cm³/mol. The summed E-state index contributed by atoms with van der Waals surface area (Å²) in [4.78, 5) is 4.95. The fraction of sp³-hybridized carbons (Fsp3) is 0.588. The maximum absolute atomic E-state index is 8.96. The van der Waals surface area contributed by atoms with Crippen molar-refractivity contribution >= 4 is 5.69 Å². The Bertz CT molecular complexity index is 498. The van der Waals surface area contributed by atoms with Crippen LogP contribution < -0.4 is 10.2 Å². The zero-order chi connectivity index (χ0) is 15.2. The summed E-state index contributed by atoms with van der Waals surface area (Å²) in [6.07, 6.45) is 0.899. The van der Waals surface area contributed by atoms with Crippen molar-refractivity contribution in [2.75, 3.05) is 44.7 Å². The lowest BCUT2D eigenvalue weighted by atomic mass is 10.1. The molecular weight excluding hydrogens is 260 g/mol. The molecule has 0 radical (unpaired) electrons. The fourth-order valence-corrected chi connectivity index (χ4v) is 2.88. The van der Waals surface area contributed by atoms with E-state index in [1.54, 1.807) is 0 Å². The molecule has 0 amide bonds. The molecule has 1 aliphatic heterocycles. The lowest BCUT2D eigenvalue weighted by Crippen LogP contribution is -2.47. The van der Waals surface area contributed by atoms with E-state index in [9.17, 15) is 0 Å². The summed E-state index contributed by atoms with van der Waals surface area (Å²) >= 11 is 0. The topological polar surface area (TPSA) is 42.3 Å². The number of piperazine rings is 1. The van der Waals surface area contributed by atoms with E-state index in [1.807, 2.05) is 7.05 Å². The van der Waals surface area contributed by atoms with Gasteiger partial charge in [0, 0.05) is 38.4 Å². The quantitative estimate of drug-likeness (QED) is 0.898. The van der Waals surface area contributed by atoms with Crippen LogP contribution in [0.25, 0.3) is 0 Å². The van der Waals surface area contributed by atoms with E-state index in [-0.39, 0.29) is 6.04 Å². The highest BCUT2D eigenvalue weighted by molar-refractivity contribution is 5.56. The predicted octanol–water partition coefficient (Wildman–Crippen LogP) is 1.93. The van der Waals surface area contributed by atoms with Crippen molar-refractivity contribution in [3.8, 4) is 6.07 Å². The standard InChI is InChI=1S/C17H26N4/c1-14-5-4-6-17(15(14)2)21-11-9-20(10-12-21)8-7-16(13-18)19-3/h4-6,16,19H,7-12H2,1-3H3. The van der Waals surface area contributed by atoms with E-state index in [0.29, 0.717) is 0 Å². The Morgan fingerprint density at radius 3 is 2.57 bits per heavy atom. The average Bonchev–Trinajstić information content (AvgIpc) is 2.52. The van der Waals surface area contributed by atoms with Crippen LogP contribution in [-0.2, 0) is 0 Å². The summed E-state index contributed by atoms with van der Waals surface area (Å²) in [5.41, 5.74) is 4.13. The second-order valence-electron chi connectivity index (χ2n) is 5.81. The molecular formula is C17H26N4. The lowest BCUT2D eigenvalue weighted by molar-refractivity contribution is 0.249. The third kappa shape index (κ3) is 3.96. The van der Waals surface area contributed by atoms with E-state index in [0.717, 1.165) is 39.1 Å². The van der Waals surface area contributed by atoms with Crippen LogP contribution in [0.1, 0.15) is 17.5 Å². The van der Waals surface area contributed by atoms with Crippen LogP contribution in [0.2, 0.25) is 0 Å². The molecule has 0 saturated carbocycles. The zero-order valence-electron chi connectivity index (χ0n) is 13.4. The minimum Gasteiger partial charge on any atom is -0.369 e. The number of aryl methyl sites for hydroxylation is 1. The molecule has 2 rings (SSSR count). The van der Waals surface area contributed by atoms with E-state index in [4.69, 9.17) is 5.26 Å². The van der Waals surface area contributed by atoms with Crippen molar-refractivity contribution in [3.05, 3.63) is 29.3 Å². The molecule has 4 nitrogen and oxygen atoms in total. The Labute approximate surface area is 128 Å². The Balaban J connectivity index is 1.86. The number of nitriles is 1. The summed E-state index contributed by atoms with van der Waals surface area (Å²) in [7, 11) is 1.85. The van der Waals surface area contributed by atoms with Crippen LogP contribution in [0.5, 0.6) is 0 Å². The van der Waals surface area contributed by atoms with Gasteiger partial charge in [0.25, 0.3) is 0 Å². The molecule has 1 fully saturated rings. The monoisotopic (exact) mass is 286 g/mol. The van der Waals surface area contributed by atoms with E-state index >= 15 is 0 Å². The first-order chi connectivity index (χ1) is 10.2. The molecule has 1 heterocycles. The Morgan fingerprint density at radius 1 is 1.24 bits per heavy atom. The van der Waals surface area contributed by atoms with Crippen LogP contribution in [0, 0.1) is 25.2 Å². The molecule has 0 bridgehead atoms. The third-order valence-electron chi connectivity index (χ3n) is 4.53. The van der Waals surface area contributed by atoms with Crippen LogP contribution in [0.4, 0.5) is 5.69 Å². The molecule has 1 aliphatic rings. The van der Waals surface area contributed by atoms with Crippen molar-refractivity contribution in [2.24, 2.45) is 0 Å². The molecule has 21 heavy (non-hydrogen) atoms. The minimum absolute atomic E-state index is 0.0259. The molecule has 1 atom stereocenters. The Kier molecular flexibility index (Phi) is 5.60. The number of nitrogens with one attached hydrogen (secondary N) is 1. The molecule has 0 aromatic heterocycles. The van der Waals surface area contributed by atoms with Crippen molar-refractivity contribution in [3.63, 3.8) is 0 Å². The summed E-state index contributed by atoms with van der Waals surface area (Å²) in [5, 5.41) is 12.0. The van der Waals surface area contributed by atoms with Gasteiger partial charge in [-0.05, 0) is 44.5 Å². The SMILES string of the molecule is CNC(C#N)CCN1CCN(c2cccc(C)c2C)CC1. The van der Waals surface area contributed by atoms with Crippen molar-refractivity contribution < 1.29 is 0 Å². The van der Waals surface area contributed by atoms with Gasteiger partial charge in [0.05, 0.1) is 12.1 Å². The molecule has 1 saturated heterocycles. The van der Waals surface area contributed by atoms with Crippen molar-refractivity contribution in [1.29, 1.82) is 5.26 Å². The molecule has 1 unspecified atom stereocenters. The van der Waals surface area contributed by atoms with Gasteiger partial charge < -0.3 is 10.2 Å². The van der Waals surface area contributed by atoms with Gasteiger partial charge in [0.2, 0.25) is 0 Å². The normalized spacial score (nSPS) is 17.5. The first kappa shape index (κ1) is 15.8. The molecule has 4 heteroatoms. The van der Waals surface area contributed by atoms with Gasteiger partial charge in [-0.1, -0.05) is 12.1 Å². The van der Waals surface area contributed by atoms with Gasteiger partial charge in [0.1, 0.15) is 0 Å². The van der Waals surface area contributed by atoms with Gasteiger partial charge in [-0.15, -0.1) is 0 Å². The van der Waals surface area contributed by atoms with E-state index in [2.05, 4.69) is 53.2 Å². The first-order valence-electron chi connectivity index (χ1n) is 7.76. The minimum atomic E-state index is -0.0259. The summed E-state index contributed by atoms with van der Waals surface area (Å²) in [5.74, 6) is 0. The summed E-state index contributed by atoms with van der Waals surface area (Å²) in [6.45, 7) is 9.68. The second kappa shape index (κ2) is 7.44. The summed E-state index contributed by atoms with van der Waals surface area (Å²) < 4.78 is 0. The number of benzene rings is 1. The van der Waals surface area contributed by atoms with Crippen molar-refractivity contribution in [2.45, 2.75) is 26.3 Å². The van der Waals surface area contributed by atoms with Crippen LogP contribution in [-0.4, -0.2) is 50.7 Å². The molecule has 1 aromatic rings. The van der Waals surface area contributed by atoms with Gasteiger partial charge in [-0.3, -0.25) is 4.90 Å². The molecule has 114 valence electrons. The highest BCUT2D eigenvalue weighted by Crippen LogP contribution is 2.23. The highest BCUT2D eigenvalue weighted by atomic mass is 15.3. The van der Waals surface area contributed by atoms with Gasteiger partial charge in [-0.2, -0.15) is 5.26 Å². The molecule has 0 aliphatic carbocycles. The van der Waals surface area contributed by atoms with Gasteiger partial charge in [0.15, 0.2) is 0 Å². The lowest BCUT2D eigenvalue weighted by Gasteiger charge is -2.37. The largest absolute Gasteiger partial charge is 0.369 e. The Morgan fingerprint density at radius 2 is 1.95 bits per heavy atom. The zero-order valence-corrected chi connectivity index (χ0v) is 13.4. The van der Waals surface area contributed by atoms with Crippen molar-refractivity contribution in [1.82, 2.24) is 10.2 Å². The summed E-state index contributed by atoms with van der Waals surface area (Å²) in [6, 6.07) is 8.82. The smallest absolute Gasteiger partial charge is 0.0962 e. The number of nitrogens with zero attached hydrogens (tertiary/aromatic N) is 3. The number of rotatable bonds is 5. The molecule has 1 N–H and O–H groups in total. The third-order valence-corrected chi connectivity index (χ3v) is 4.53. The molecule has 1 aromatic carbocycles. The van der Waals surface area contributed by atoms with Gasteiger partial charge in [-0.25, -0.2) is 0 Å². The van der Waals surface area contributed by atoms with Crippen LogP contribution >= 0.6 is 0 Å². The first-order valence-corrected chi connectivity index (χ1v) is 7.76. The highest BCUT2D eigenvalue weighted by Gasteiger charge is 2.19. The maximum Gasteiger partial charge on any atom is 0.0962 e. The number of hydrogen-bond acceptors (Lipinski definition) is 4.